The second kappa shape index (κ2) is 5.98. The Morgan fingerprint density at radius 2 is 2.25 bits per heavy atom. The molecule has 1 aliphatic carbocycles. The van der Waals surface area contributed by atoms with E-state index in [4.69, 9.17) is 16.6 Å². The zero-order valence-corrected chi connectivity index (χ0v) is 13.7. The van der Waals surface area contributed by atoms with Gasteiger partial charge in [0.05, 0.1) is 16.9 Å². The number of benzene rings is 1. The highest BCUT2D eigenvalue weighted by Crippen LogP contribution is 2.39. The minimum absolute atomic E-state index is 0.496. The van der Waals surface area contributed by atoms with Gasteiger partial charge in [0.25, 0.3) is 0 Å². The van der Waals surface area contributed by atoms with Crippen LogP contribution in [0, 0.1) is 6.92 Å². The molecule has 108 valence electrons. The van der Waals surface area contributed by atoms with Gasteiger partial charge >= 0.3 is 0 Å². The van der Waals surface area contributed by atoms with Crippen LogP contribution in [-0.4, -0.2) is 20.6 Å². The Kier molecular flexibility index (Phi) is 4.27. The van der Waals surface area contributed by atoms with Crippen LogP contribution in [0.15, 0.2) is 18.2 Å². The van der Waals surface area contributed by atoms with Crippen molar-refractivity contribution in [3.8, 4) is 0 Å². The number of aromatic nitrogens is 2. The van der Waals surface area contributed by atoms with Crippen LogP contribution in [0.4, 0.5) is 0 Å². The van der Waals surface area contributed by atoms with Crippen LogP contribution in [0.2, 0.25) is 0 Å². The molecule has 1 aromatic heterocycles. The van der Waals surface area contributed by atoms with E-state index in [0.717, 1.165) is 16.6 Å². The Labute approximate surface area is 129 Å². The van der Waals surface area contributed by atoms with Crippen LogP contribution in [0.5, 0.6) is 0 Å². The molecular weight excluding hydrogens is 288 g/mol. The Morgan fingerprint density at radius 1 is 1.40 bits per heavy atom. The highest BCUT2D eigenvalue weighted by Gasteiger charge is 2.28. The van der Waals surface area contributed by atoms with Crippen molar-refractivity contribution in [2.45, 2.75) is 50.3 Å². The number of nitrogens with zero attached hydrogens (tertiary/aromatic N) is 2. The third-order valence-electron chi connectivity index (χ3n) is 4.16. The summed E-state index contributed by atoms with van der Waals surface area (Å²) in [7, 11) is 0. The van der Waals surface area contributed by atoms with E-state index in [1.54, 1.807) is 0 Å². The Bertz CT molecular complexity index is 608. The number of rotatable bonds is 4. The smallest absolute Gasteiger partial charge is 0.125 e. The second-order valence-corrected chi connectivity index (χ2v) is 7.41. The van der Waals surface area contributed by atoms with Crippen molar-refractivity contribution in [3.63, 3.8) is 0 Å². The summed E-state index contributed by atoms with van der Waals surface area (Å²) in [5.41, 5.74) is 3.63. The van der Waals surface area contributed by atoms with Gasteiger partial charge < -0.3 is 4.57 Å². The lowest BCUT2D eigenvalue weighted by molar-refractivity contribution is 0.519. The predicted molar refractivity (Wildman–Crippen MR) is 88.8 cm³/mol. The van der Waals surface area contributed by atoms with Gasteiger partial charge in [-0.25, -0.2) is 4.98 Å². The normalized spacial score (nSPS) is 22.8. The molecular formula is C16H21ClN2S. The first-order valence-corrected chi connectivity index (χ1v) is 8.96. The van der Waals surface area contributed by atoms with E-state index in [1.807, 2.05) is 0 Å². The molecule has 0 spiro atoms. The summed E-state index contributed by atoms with van der Waals surface area (Å²) in [6, 6.07) is 7.06. The van der Waals surface area contributed by atoms with Crippen molar-refractivity contribution >= 4 is 34.4 Å². The molecule has 1 fully saturated rings. The second-order valence-electron chi connectivity index (χ2n) is 5.57. The van der Waals surface area contributed by atoms with Gasteiger partial charge in [0.15, 0.2) is 0 Å². The summed E-state index contributed by atoms with van der Waals surface area (Å²) in [4.78, 5) is 4.71. The average Bonchev–Trinajstić information content (AvgIpc) is 3.02. The molecule has 2 aromatic rings. The van der Waals surface area contributed by atoms with E-state index in [9.17, 15) is 0 Å². The topological polar surface area (TPSA) is 17.8 Å². The van der Waals surface area contributed by atoms with E-state index in [1.165, 1.54) is 36.1 Å². The zero-order valence-electron chi connectivity index (χ0n) is 12.1. The first-order valence-electron chi connectivity index (χ1n) is 7.38. The SMILES string of the molecule is CCSC1CCC(n2c(CCl)nc3ccc(C)cc32)C1. The molecule has 0 saturated heterocycles. The fourth-order valence-electron chi connectivity index (χ4n) is 3.29. The first-order chi connectivity index (χ1) is 9.72. The lowest BCUT2D eigenvalue weighted by atomic mass is 10.2. The quantitative estimate of drug-likeness (QED) is 0.745. The number of thioether (sulfide) groups is 1. The van der Waals surface area contributed by atoms with Crippen LogP contribution < -0.4 is 0 Å². The van der Waals surface area contributed by atoms with Gasteiger partial charge in [0, 0.05) is 11.3 Å². The maximum Gasteiger partial charge on any atom is 0.125 e. The van der Waals surface area contributed by atoms with Gasteiger partial charge in [-0.05, 0) is 49.6 Å². The third-order valence-corrected chi connectivity index (χ3v) is 5.63. The molecule has 1 heterocycles. The van der Waals surface area contributed by atoms with Gasteiger partial charge in [-0.15, -0.1) is 11.6 Å². The van der Waals surface area contributed by atoms with Crippen LogP contribution in [0.1, 0.15) is 43.6 Å². The maximum absolute atomic E-state index is 6.13. The summed E-state index contributed by atoms with van der Waals surface area (Å²) < 4.78 is 2.41. The van der Waals surface area contributed by atoms with Crippen molar-refractivity contribution in [1.82, 2.24) is 9.55 Å². The summed E-state index contributed by atoms with van der Waals surface area (Å²) in [6.45, 7) is 4.39. The van der Waals surface area contributed by atoms with Gasteiger partial charge in [-0.3, -0.25) is 0 Å². The Morgan fingerprint density at radius 3 is 3.00 bits per heavy atom. The molecule has 0 radical (unpaired) electrons. The van der Waals surface area contributed by atoms with Crippen LogP contribution >= 0.6 is 23.4 Å². The molecule has 2 unspecified atom stereocenters. The summed E-state index contributed by atoms with van der Waals surface area (Å²) >= 11 is 8.23. The number of aryl methyl sites for hydroxylation is 1. The Hall–Kier alpha value is -0.670. The number of halogens is 1. The molecule has 4 heteroatoms. The van der Waals surface area contributed by atoms with Gasteiger partial charge in [-0.2, -0.15) is 11.8 Å². The molecule has 2 nitrogen and oxygen atoms in total. The molecule has 0 bridgehead atoms. The molecule has 1 aliphatic rings. The molecule has 0 amide bonds. The standard InChI is InChI=1S/C16H21ClN2S/c1-3-20-13-6-5-12(9-13)19-15-8-11(2)4-7-14(15)18-16(19)10-17/h4,7-8,12-13H,3,5-6,9-10H2,1-2H3. The van der Waals surface area contributed by atoms with Crippen LogP contribution in [-0.2, 0) is 5.88 Å². The van der Waals surface area contributed by atoms with Crippen molar-refractivity contribution in [2.75, 3.05) is 5.75 Å². The summed E-state index contributed by atoms with van der Waals surface area (Å²) in [6.07, 6.45) is 3.82. The number of hydrogen-bond acceptors (Lipinski definition) is 2. The lowest BCUT2D eigenvalue weighted by Crippen LogP contribution is -2.09. The number of hydrogen-bond donors (Lipinski definition) is 0. The molecule has 0 N–H and O–H groups in total. The highest BCUT2D eigenvalue weighted by molar-refractivity contribution is 7.99. The van der Waals surface area contributed by atoms with E-state index >= 15 is 0 Å². The molecule has 3 rings (SSSR count). The molecule has 0 aliphatic heterocycles. The van der Waals surface area contributed by atoms with Gasteiger partial charge in [0.1, 0.15) is 5.82 Å². The first kappa shape index (κ1) is 14.3. The molecule has 20 heavy (non-hydrogen) atoms. The number of imidazole rings is 1. The molecule has 1 aromatic carbocycles. The zero-order chi connectivity index (χ0) is 14.1. The Balaban J connectivity index is 1.99. The van der Waals surface area contributed by atoms with Gasteiger partial charge in [-0.1, -0.05) is 13.0 Å². The number of alkyl halides is 1. The fraction of sp³-hybridized carbons (Fsp3) is 0.562. The maximum atomic E-state index is 6.13. The minimum Gasteiger partial charge on any atom is -0.324 e. The third kappa shape index (κ3) is 2.58. The van der Waals surface area contributed by atoms with Crippen molar-refractivity contribution < 1.29 is 0 Å². The monoisotopic (exact) mass is 308 g/mol. The highest BCUT2D eigenvalue weighted by atomic mass is 35.5. The van der Waals surface area contributed by atoms with E-state index in [2.05, 4.69) is 48.4 Å². The van der Waals surface area contributed by atoms with E-state index in [-0.39, 0.29) is 0 Å². The van der Waals surface area contributed by atoms with E-state index < -0.39 is 0 Å². The summed E-state index contributed by atoms with van der Waals surface area (Å²) in [5.74, 6) is 2.73. The fourth-order valence-corrected chi connectivity index (χ4v) is 4.61. The minimum atomic E-state index is 0.496. The summed E-state index contributed by atoms with van der Waals surface area (Å²) in [5, 5.41) is 0.801. The van der Waals surface area contributed by atoms with Crippen molar-refractivity contribution in [3.05, 3.63) is 29.6 Å². The predicted octanol–water partition coefficient (Wildman–Crippen LogP) is 4.93. The van der Waals surface area contributed by atoms with Crippen LogP contribution in [0.3, 0.4) is 0 Å². The average molecular weight is 309 g/mol. The largest absolute Gasteiger partial charge is 0.324 e. The molecule has 1 saturated carbocycles. The van der Waals surface area contributed by atoms with Crippen LogP contribution in [0.25, 0.3) is 11.0 Å². The van der Waals surface area contributed by atoms with Gasteiger partial charge in [0.2, 0.25) is 0 Å². The molecule has 2 atom stereocenters. The van der Waals surface area contributed by atoms with Crippen molar-refractivity contribution in [1.29, 1.82) is 0 Å². The lowest BCUT2D eigenvalue weighted by Gasteiger charge is -2.16. The number of fused-ring (bicyclic) bond motifs is 1. The van der Waals surface area contributed by atoms with Crippen molar-refractivity contribution in [2.24, 2.45) is 0 Å². The van der Waals surface area contributed by atoms with E-state index in [0.29, 0.717) is 11.9 Å².